The summed E-state index contributed by atoms with van der Waals surface area (Å²) < 4.78 is 13.7. The molecule has 1 amide bonds. The fraction of sp³-hybridized carbons (Fsp3) is 0.385. The number of benzene rings is 1. The standard InChI is InChI=1S/C13H16ClFN2OS/c1-8(2)17(6-5-12(16)19)13(18)10-4-3-9(14)7-11(10)15/h3-4,7-8H,5-6H2,1-2H3,(H2,16,19). The fourth-order valence-electron chi connectivity index (χ4n) is 1.64. The zero-order chi connectivity index (χ0) is 14.6. The van der Waals surface area contributed by atoms with E-state index in [-0.39, 0.29) is 22.5 Å². The van der Waals surface area contributed by atoms with Gasteiger partial charge in [-0.05, 0) is 32.0 Å². The third kappa shape index (κ3) is 4.44. The average Bonchev–Trinajstić information content (AvgIpc) is 2.27. The molecule has 0 radical (unpaired) electrons. The van der Waals surface area contributed by atoms with Crippen LogP contribution >= 0.6 is 23.8 Å². The first-order valence-electron chi connectivity index (χ1n) is 5.87. The maximum atomic E-state index is 13.7. The van der Waals surface area contributed by atoms with Crippen molar-refractivity contribution < 1.29 is 9.18 Å². The van der Waals surface area contributed by atoms with E-state index < -0.39 is 5.82 Å². The van der Waals surface area contributed by atoms with E-state index in [1.54, 1.807) is 0 Å². The maximum Gasteiger partial charge on any atom is 0.257 e. The Labute approximate surface area is 122 Å². The van der Waals surface area contributed by atoms with Crippen LogP contribution in [0.15, 0.2) is 18.2 Å². The van der Waals surface area contributed by atoms with Crippen LogP contribution in [0.3, 0.4) is 0 Å². The van der Waals surface area contributed by atoms with Crippen molar-refractivity contribution in [1.29, 1.82) is 0 Å². The molecule has 0 heterocycles. The first-order valence-corrected chi connectivity index (χ1v) is 6.66. The second kappa shape index (κ2) is 6.82. The zero-order valence-electron chi connectivity index (χ0n) is 10.8. The van der Waals surface area contributed by atoms with Crippen LogP contribution in [0.5, 0.6) is 0 Å². The van der Waals surface area contributed by atoms with Gasteiger partial charge in [-0.2, -0.15) is 0 Å². The van der Waals surface area contributed by atoms with Crippen molar-refractivity contribution in [1.82, 2.24) is 4.90 Å². The highest BCUT2D eigenvalue weighted by Crippen LogP contribution is 2.17. The van der Waals surface area contributed by atoms with Crippen LogP contribution in [0.25, 0.3) is 0 Å². The Morgan fingerprint density at radius 2 is 2.16 bits per heavy atom. The fourth-order valence-corrected chi connectivity index (χ4v) is 1.89. The Kier molecular flexibility index (Phi) is 5.69. The second-order valence-corrected chi connectivity index (χ2v) is 5.39. The Balaban J connectivity index is 2.95. The monoisotopic (exact) mass is 302 g/mol. The zero-order valence-corrected chi connectivity index (χ0v) is 12.4. The number of amides is 1. The van der Waals surface area contributed by atoms with Crippen molar-refractivity contribution in [3.63, 3.8) is 0 Å². The van der Waals surface area contributed by atoms with Crippen molar-refractivity contribution in [2.75, 3.05) is 6.54 Å². The minimum absolute atomic E-state index is 0.000963. The minimum atomic E-state index is -0.626. The first kappa shape index (κ1) is 15.9. The van der Waals surface area contributed by atoms with Gasteiger partial charge in [0.1, 0.15) is 5.82 Å². The summed E-state index contributed by atoms with van der Waals surface area (Å²) in [5.41, 5.74) is 5.43. The number of hydrogen-bond donors (Lipinski definition) is 1. The van der Waals surface area contributed by atoms with Gasteiger partial charge in [-0.1, -0.05) is 23.8 Å². The van der Waals surface area contributed by atoms with Gasteiger partial charge in [-0.15, -0.1) is 0 Å². The van der Waals surface area contributed by atoms with Crippen LogP contribution in [0.1, 0.15) is 30.6 Å². The van der Waals surface area contributed by atoms with Gasteiger partial charge in [-0.25, -0.2) is 4.39 Å². The number of hydrogen-bond acceptors (Lipinski definition) is 2. The molecular weight excluding hydrogens is 287 g/mol. The molecule has 0 fully saturated rings. The Bertz CT molecular complexity index is 494. The molecule has 104 valence electrons. The SMILES string of the molecule is CC(C)N(CCC(N)=S)C(=O)c1ccc(Cl)cc1F. The number of carbonyl (C=O) groups excluding carboxylic acids is 1. The van der Waals surface area contributed by atoms with Crippen molar-refractivity contribution in [3.05, 3.63) is 34.6 Å². The van der Waals surface area contributed by atoms with Crippen molar-refractivity contribution in [3.8, 4) is 0 Å². The molecule has 0 atom stereocenters. The molecule has 0 saturated carbocycles. The molecule has 0 spiro atoms. The number of rotatable bonds is 5. The summed E-state index contributed by atoms with van der Waals surface area (Å²) in [6, 6.07) is 3.93. The summed E-state index contributed by atoms with van der Waals surface area (Å²) in [6.45, 7) is 4.07. The van der Waals surface area contributed by atoms with Crippen LogP contribution in [0.2, 0.25) is 5.02 Å². The van der Waals surface area contributed by atoms with Gasteiger partial charge >= 0.3 is 0 Å². The van der Waals surface area contributed by atoms with Gasteiger partial charge in [0.25, 0.3) is 5.91 Å². The highest BCUT2D eigenvalue weighted by atomic mass is 35.5. The molecule has 0 aromatic heterocycles. The summed E-state index contributed by atoms with van der Waals surface area (Å²) in [4.78, 5) is 14.2. The van der Waals surface area contributed by atoms with Crippen molar-refractivity contribution in [2.45, 2.75) is 26.3 Å². The van der Waals surface area contributed by atoms with Gasteiger partial charge in [0, 0.05) is 24.0 Å². The molecule has 0 aliphatic heterocycles. The van der Waals surface area contributed by atoms with Gasteiger partial charge in [-0.3, -0.25) is 4.79 Å². The second-order valence-electron chi connectivity index (χ2n) is 4.43. The number of halogens is 2. The molecule has 19 heavy (non-hydrogen) atoms. The van der Waals surface area contributed by atoms with Crippen LogP contribution in [-0.4, -0.2) is 28.4 Å². The summed E-state index contributed by atoms with van der Waals surface area (Å²) in [6.07, 6.45) is 0.411. The van der Waals surface area contributed by atoms with Crippen molar-refractivity contribution in [2.24, 2.45) is 5.73 Å². The van der Waals surface area contributed by atoms with Gasteiger partial charge in [0.05, 0.1) is 10.6 Å². The van der Waals surface area contributed by atoms with Gasteiger partial charge in [0.15, 0.2) is 0 Å². The van der Waals surface area contributed by atoms with E-state index in [2.05, 4.69) is 0 Å². The third-order valence-electron chi connectivity index (χ3n) is 2.64. The van der Waals surface area contributed by atoms with E-state index in [4.69, 9.17) is 29.6 Å². The largest absolute Gasteiger partial charge is 0.393 e. The van der Waals surface area contributed by atoms with E-state index in [1.807, 2.05) is 13.8 Å². The molecule has 0 unspecified atom stereocenters. The van der Waals surface area contributed by atoms with Crippen LogP contribution in [0, 0.1) is 5.82 Å². The molecule has 0 aliphatic rings. The molecular formula is C13H16ClFN2OS. The third-order valence-corrected chi connectivity index (χ3v) is 3.08. The summed E-state index contributed by atoms with van der Waals surface area (Å²) in [5, 5.41) is 0.258. The van der Waals surface area contributed by atoms with E-state index >= 15 is 0 Å². The van der Waals surface area contributed by atoms with E-state index in [0.717, 1.165) is 6.07 Å². The smallest absolute Gasteiger partial charge is 0.257 e. The molecule has 1 aromatic carbocycles. The van der Waals surface area contributed by atoms with E-state index in [9.17, 15) is 9.18 Å². The van der Waals surface area contributed by atoms with Crippen LogP contribution < -0.4 is 5.73 Å². The number of nitrogens with two attached hydrogens (primary N) is 1. The minimum Gasteiger partial charge on any atom is -0.393 e. The molecule has 1 aromatic rings. The number of thiocarbonyl (C=S) groups is 1. The van der Waals surface area contributed by atoms with Gasteiger partial charge in [0.2, 0.25) is 0 Å². The Hall–Kier alpha value is -1.20. The number of carbonyl (C=O) groups is 1. The average molecular weight is 303 g/mol. The van der Waals surface area contributed by atoms with E-state index in [1.165, 1.54) is 17.0 Å². The molecule has 2 N–H and O–H groups in total. The van der Waals surface area contributed by atoms with E-state index in [0.29, 0.717) is 18.0 Å². The lowest BCUT2D eigenvalue weighted by Gasteiger charge is -2.26. The normalized spacial score (nSPS) is 10.6. The lowest BCUT2D eigenvalue weighted by molar-refractivity contribution is 0.0707. The molecule has 0 bridgehead atoms. The molecule has 0 aliphatic carbocycles. The predicted octanol–water partition coefficient (Wildman–Crippen LogP) is 3.01. The topological polar surface area (TPSA) is 46.3 Å². The lowest BCUT2D eigenvalue weighted by atomic mass is 10.1. The molecule has 0 saturated heterocycles. The Morgan fingerprint density at radius 1 is 1.53 bits per heavy atom. The van der Waals surface area contributed by atoms with Gasteiger partial charge < -0.3 is 10.6 Å². The molecule has 3 nitrogen and oxygen atoms in total. The summed E-state index contributed by atoms with van der Waals surface area (Å²) >= 11 is 10.5. The lowest BCUT2D eigenvalue weighted by Crippen LogP contribution is -2.39. The maximum absolute atomic E-state index is 13.7. The summed E-state index contributed by atoms with van der Waals surface area (Å²) in [7, 11) is 0. The first-order chi connectivity index (χ1) is 8.82. The number of nitrogens with zero attached hydrogens (tertiary/aromatic N) is 1. The molecule has 6 heteroatoms. The predicted molar refractivity (Wildman–Crippen MR) is 79.0 cm³/mol. The highest BCUT2D eigenvalue weighted by molar-refractivity contribution is 7.80. The van der Waals surface area contributed by atoms with Crippen molar-refractivity contribution >= 4 is 34.7 Å². The summed E-state index contributed by atoms with van der Waals surface area (Å²) in [5.74, 6) is -1.01. The quantitative estimate of drug-likeness (QED) is 0.851. The van der Waals surface area contributed by atoms with Crippen LogP contribution in [0.4, 0.5) is 4.39 Å². The Morgan fingerprint density at radius 3 is 2.63 bits per heavy atom. The molecule has 1 rings (SSSR count). The highest BCUT2D eigenvalue weighted by Gasteiger charge is 2.21. The van der Waals surface area contributed by atoms with Crippen LogP contribution in [-0.2, 0) is 0 Å².